The molecule has 1 unspecified atom stereocenters. The van der Waals surface area contributed by atoms with Crippen molar-refractivity contribution in [2.75, 3.05) is 19.7 Å². The van der Waals surface area contributed by atoms with Gasteiger partial charge in [0.15, 0.2) is 0 Å². The van der Waals surface area contributed by atoms with Crippen molar-refractivity contribution in [1.29, 1.82) is 0 Å². The van der Waals surface area contributed by atoms with Crippen molar-refractivity contribution >= 4 is 10.0 Å². The van der Waals surface area contributed by atoms with Crippen LogP contribution in [0.4, 0.5) is 0 Å². The van der Waals surface area contributed by atoms with Crippen molar-refractivity contribution in [3.05, 3.63) is 47.2 Å². The monoisotopic (exact) mass is 361 g/mol. The maximum atomic E-state index is 12.8. The van der Waals surface area contributed by atoms with E-state index in [1.165, 1.54) is 0 Å². The Morgan fingerprint density at radius 3 is 2.60 bits per heavy atom. The van der Waals surface area contributed by atoms with Gasteiger partial charge in [-0.3, -0.25) is 0 Å². The Bertz CT molecular complexity index is 850. The molecule has 2 heterocycles. The Balaban J connectivity index is 1.63. The highest BCUT2D eigenvalue weighted by molar-refractivity contribution is 7.89. The largest absolute Gasteiger partial charge is 0.476 e. The summed E-state index contributed by atoms with van der Waals surface area (Å²) in [6, 6.07) is 8.91. The second-order valence-electron chi connectivity index (χ2n) is 6.59. The van der Waals surface area contributed by atoms with Gasteiger partial charge in [-0.25, -0.2) is 8.42 Å². The van der Waals surface area contributed by atoms with E-state index >= 15 is 0 Å². The minimum atomic E-state index is -3.45. The van der Waals surface area contributed by atoms with E-state index in [1.54, 1.807) is 22.5 Å². The highest BCUT2D eigenvalue weighted by atomic mass is 32.2. The molecule has 1 aromatic heterocycles. The summed E-state index contributed by atoms with van der Waals surface area (Å²) < 4.78 is 32.8. The maximum absolute atomic E-state index is 12.8. The third-order valence-electron chi connectivity index (χ3n) is 4.61. The second-order valence-corrected chi connectivity index (χ2v) is 8.53. The smallest absolute Gasteiger partial charge is 0.243 e. The van der Waals surface area contributed by atoms with E-state index < -0.39 is 10.0 Å². The summed E-state index contributed by atoms with van der Waals surface area (Å²) in [7, 11) is -3.45. The van der Waals surface area contributed by atoms with Crippen molar-refractivity contribution < 1.29 is 13.2 Å². The predicted molar refractivity (Wildman–Crippen MR) is 95.0 cm³/mol. The number of nitrogens with zero attached hydrogens (tertiary/aromatic N) is 3. The van der Waals surface area contributed by atoms with Gasteiger partial charge in [0.25, 0.3) is 0 Å². The summed E-state index contributed by atoms with van der Waals surface area (Å²) in [5.74, 6) is 0.630. The number of hydrogen-bond acceptors (Lipinski definition) is 5. The number of sulfonamides is 1. The van der Waals surface area contributed by atoms with Crippen LogP contribution in [0.25, 0.3) is 0 Å². The van der Waals surface area contributed by atoms with Crippen LogP contribution in [0.5, 0.6) is 5.88 Å². The van der Waals surface area contributed by atoms with E-state index in [-0.39, 0.29) is 5.92 Å². The summed E-state index contributed by atoms with van der Waals surface area (Å²) in [6.45, 7) is 7.19. The normalized spacial score (nSPS) is 18.4. The maximum Gasteiger partial charge on any atom is 0.243 e. The topological polar surface area (TPSA) is 72.4 Å². The first-order valence-corrected chi connectivity index (χ1v) is 9.81. The lowest BCUT2D eigenvalue weighted by atomic mass is 10.1. The lowest BCUT2D eigenvalue weighted by molar-refractivity contribution is 0.244. The summed E-state index contributed by atoms with van der Waals surface area (Å²) >= 11 is 0. The van der Waals surface area contributed by atoms with Gasteiger partial charge in [-0.05, 0) is 56.5 Å². The SMILES string of the molecule is Cc1ccc(OCC2CCN(S(=O)(=O)c3ccc(C)c(C)c3)C2)nn1. The van der Waals surface area contributed by atoms with E-state index in [9.17, 15) is 8.42 Å². The minimum Gasteiger partial charge on any atom is -0.476 e. The van der Waals surface area contributed by atoms with Gasteiger partial charge in [-0.2, -0.15) is 9.40 Å². The molecule has 0 N–H and O–H groups in total. The average molecular weight is 361 g/mol. The molecule has 1 aromatic carbocycles. The molecule has 0 radical (unpaired) electrons. The first-order valence-electron chi connectivity index (χ1n) is 8.37. The molecule has 3 rings (SSSR count). The van der Waals surface area contributed by atoms with Gasteiger partial charge < -0.3 is 4.74 Å². The fourth-order valence-corrected chi connectivity index (χ4v) is 4.46. The highest BCUT2D eigenvalue weighted by Gasteiger charge is 2.33. The first-order chi connectivity index (χ1) is 11.9. The third kappa shape index (κ3) is 3.99. The van der Waals surface area contributed by atoms with E-state index in [4.69, 9.17) is 4.74 Å². The Morgan fingerprint density at radius 1 is 1.12 bits per heavy atom. The van der Waals surface area contributed by atoms with Crippen LogP contribution in [0, 0.1) is 26.7 Å². The van der Waals surface area contributed by atoms with Gasteiger partial charge in [-0.15, -0.1) is 5.10 Å². The van der Waals surface area contributed by atoms with Crippen molar-refractivity contribution in [3.8, 4) is 5.88 Å². The molecule has 25 heavy (non-hydrogen) atoms. The van der Waals surface area contributed by atoms with Crippen LogP contribution < -0.4 is 4.74 Å². The Morgan fingerprint density at radius 2 is 1.92 bits per heavy atom. The number of benzene rings is 1. The number of aromatic nitrogens is 2. The van der Waals surface area contributed by atoms with Crippen molar-refractivity contribution in [2.45, 2.75) is 32.1 Å². The molecule has 0 saturated carbocycles. The Labute approximate surface area is 148 Å². The molecular weight excluding hydrogens is 338 g/mol. The minimum absolute atomic E-state index is 0.157. The molecule has 1 aliphatic heterocycles. The first kappa shape index (κ1) is 17.8. The van der Waals surface area contributed by atoms with Gasteiger partial charge in [0, 0.05) is 25.1 Å². The molecule has 7 heteroatoms. The van der Waals surface area contributed by atoms with Gasteiger partial charge in [-0.1, -0.05) is 6.07 Å². The molecule has 0 aliphatic carbocycles. The molecule has 6 nitrogen and oxygen atoms in total. The van der Waals surface area contributed by atoms with Gasteiger partial charge in [0.2, 0.25) is 15.9 Å². The molecular formula is C18H23N3O3S. The number of aryl methyl sites for hydroxylation is 3. The quantitative estimate of drug-likeness (QED) is 0.818. The van der Waals surface area contributed by atoms with Crippen LogP contribution in [-0.4, -0.2) is 42.6 Å². The summed E-state index contributed by atoms with van der Waals surface area (Å²) in [5, 5.41) is 7.92. The Kier molecular flexibility index (Phi) is 5.06. The lowest BCUT2D eigenvalue weighted by Crippen LogP contribution is -2.29. The van der Waals surface area contributed by atoms with Crippen LogP contribution in [0.2, 0.25) is 0 Å². The molecule has 2 aromatic rings. The molecule has 0 amide bonds. The van der Waals surface area contributed by atoms with Crippen LogP contribution in [0.15, 0.2) is 35.2 Å². The molecule has 0 bridgehead atoms. The van der Waals surface area contributed by atoms with Crippen molar-refractivity contribution in [2.24, 2.45) is 5.92 Å². The molecule has 1 atom stereocenters. The van der Waals surface area contributed by atoms with Crippen molar-refractivity contribution in [3.63, 3.8) is 0 Å². The van der Waals surface area contributed by atoms with E-state index in [0.29, 0.717) is 30.5 Å². The number of hydrogen-bond donors (Lipinski definition) is 0. The fourth-order valence-electron chi connectivity index (χ4n) is 2.84. The van der Waals surface area contributed by atoms with E-state index in [1.807, 2.05) is 32.9 Å². The summed E-state index contributed by atoms with van der Waals surface area (Å²) in [5.41, 5.74) is 2.91. The molecule has 134 valence electrons. The van der Waals surface area contributed by atoms with E-state index in [0.717, 1.165) is 23.2 Å². The zero-order chi connectivity index (χ0) is 18.0. The lowest BCUT2D eigenvalue weighted by Gasteiger charge is -2.17. The van der Waals surface area contributed by atoms with E-state index in [2.05, 4.69) is 10.2 Å². The highest BCUT2D eigenvalue weighted by Crippen LogP contribution is 2.26. The molecule has 0 spiro atoms. The number of ether oxygens (including phenoxy) is 1. The Hall–Kier alpha value is -1.99. The summed E-state index contributed by atoms with van der Waals surface area (Å²) in [6.07, 6.45) is 0.781. The van der Waals surface area contributed by atoms with Crippen LogP contribution in [0.1, 0.15) is 23.2 Å². The van der Waals surface area contributed by atoms with Crippen molar-refractivity contribution in [1.82, 2.24) is 14.5 Å². The van der Waals surface area contributed by atoms with Crippen LogP contribution in [-0.2, 0) is 10.0 Å². The van der Waals surface area contributed by atoms with Crippen LogP contribution >= 0.6 is 0 Å². The summed E-state index contributed by atoms with van der Waals surface area (Å²) in [4.78, 5) is 0.363. The second kappa shape index (κ2) is 7.09. The standard InChI is InChI=1S/C18H23N3O3S/c1-13-4-6-17(10-14(13)2)25(22,23)21-9-8-16(11-21)12-24-18-7-5-15(3)19-20-18/h4-7,10,16H,8-9,11-12H2,1-3H3. The average Bonchev–Trinajstić information content (AvgIpc) is 3.06. The third-order valence-corrected chi connectivity index (χ3v) is 6.47. The zero-order valence-corrected chi connectivity index (χ0v) is 15.6. The van der Waals surface area contributed by atoms with Crippen LogP contribution in [0.3, 0.4) is 0 Å². The fraction of sp³-hybridized carbons (Fsp3) is 0.444. The zero-order valence-electron chi connectivity index (χ0n) is 14.8. The molecule has 1 saturated heterocycles. The molecule has 1 aliphatic rings. The van der Waals surface area contributed by atoms with Gasteiger partial charge >= 0.3 is 0 Å². The predicted octanol–water partition coefficient (Wildman–Crippen LogP) is 2.49. The number of rotatable bonds is 5. The van der Waals surface area contributed by atoms with Gasteiger partial charge in [0.05, 0.1) is 17.2 Å². The van der Waals surface area contributed by atoms with Gasteiger partial charge in [0.1, 0.15) is 0 Å². The molecule has 1 fully saturated rings.